The van der Waals surface area contributed by atoms with Crippen molar-refractivity contribution in [2.24, 2.45) is 5.16 Å². The Kier molecular flexibility index (Phi) is 5.12. The molecule has 2 rings (SSSR count). The van der Waals surface area contributed by atoms with Crippen LogP contribution in [0.4, 0.5) is 0 Å². The molecule has 0 amide bonds. The van der Waals surface area contributed by atoms with Crippen LogP contribution in [0, 0.1) is 41.5 Å². The Labute approximate surface area is 138 Å². The molecule has 0 bridgehead atoms. The molecule has 1 radical (unpaired) electrons. The minimum atomic E-state index is -2.21. The minimum absolute atomic E-state index is 1.29. The van der Waals surface area contributed by atoms with Crippen LogP contribution in [0.5, 0.6) is 0 Å². The van der Waals surface area contributed by atoms with Crippen LogP contribution in [-0.2, 0) is 3.86 Å². The molecule has 0 unspecified atom stereocenters. The van der Waals surface area contributed by atoms with Crippen LogP contribution in [0.15, 0.2) is 29.4 Å². The van der Waals surface area contributed by atoms with Crippen molar-refractivity contribution in [1.29, 1.82) is 0 Å². The fourth-order valence-corrected chi connectivity index (χ4v) is 8.15. The van der Waals surface area contributed by atoms with Gasteiger partial charge in [0.05, 0.1) is 0 Å². The zero-order valence-electron chi connectivity index (χ0n) is 14.4. The summed E-state index contributed by atoms with van der Waals surface area (Å²) in [6, 6.07) is 8.95. The summed E-state index contributed by atoms with van der Waals surface area (Å²) in [5.41, 5.74) is 7.79. The van der Waals surface area contributed by atoms with Crippen LogP contribution in [0.3, 0.4) is 0 Å². The molecule has 0 atom stereocenters. The van der Waals surface area contributed by atoms with Gasteiger partial charge in [-0.25, -0.2) is 0 Å². The zero-order valence-corrected chi connectivity index (χ0v) is 16.5. The predicted molar refractivity (Wildman–Crippen MR) is 97.0 cm³/mol. The fourth-order valence-electron chi connectivity index (χ4n) is 3.36. The molecule has 0 heterocycles. The summed E-state index contributed by atoms with van der Waals surface area (Å²) < 4.78 is 8.61. The van der Waals surface area contributed by atoms with Crippen molar-refractivity contribution in [3.8, 4) is 0 Å². The average Bonchev–Trinajstić information content (AvgIpc) is 2.36. The first kappa shape index (κ1) is 16.8. The maximum absolute atomic E-state index is 5.90. The molecule has 0 N–H and O–H groups in total. The molecule has 0 aliphatic heterocycles. The molecule has 0 aliphatic carbocycles. The molecule has 3 heteroatoms. The third-order valence-electron chi connectivity index (χ3n) is 3.96. The van der Waals surface area contributed by atoms with E-state index in [1.54, 1.807) is 0 Å². The quantitative estimate of drug-likeness (QED) is 0.469. The molecular formula is C19H24GeNO. The van der Waals surface area contributed by atoms with Crippen molar-refractivity contribution in [3.05, 3.63) is 57.6 Å². The van der Waals surface area contributed by atoms with Crippen LogP contribution in [0.25, 0.3) is 0 Å². The summed E-state index contributed by atoms with van der Waals surface area (Å²) in [6.45, 7) is 16.5. The van der Waals surface area contributed by atoms with Gasteiger partial charge in [-0.05, 0) is 0 Å². The molecule has 0 aliphatic rings. The Morgan fingerprint density at radius 2 is 1.05 bits per heavy atom. The Hall–Kier alpha value is -1.55. The van der Waals surface area contributed by atoms with E-state index >= 15 is 0 Å². The molecule has 0 aromatic heterocycles. The van der Waals surface area contributed by atoms with Crippen LogP contribution in [0.1, 0.15) is 33.4 Å². The van der Waals surface area contributed by atoms with Crippen molar-refractivity contribution in [2.45, 2.75) is 41.5 Å². The van der Waals surface area contributed by atoms with E-state index in [1.807, 2.05) is 0 Å². The fraction of sp³-hybridized carbons (Fsp3) is 0.316. The van der Waals surface area contributed by atoms with Gasteiger partial charge in [0.1, 0.15) is 0 Å². The third-order valence-corrected chi connectivity index (χ3v) is 9.83. The van der Waals surface area contributed by atoms with Crippen LogP contribution >= 0.6 is 0 Å². The summed E-state index contributed by atoms with van der Waals surface area (Å²) in [5.74, 6) is 0. The van der Waals surface area contributed by atoms with Crippen LogP contribution in [-0.4, -0.2) is 21.4 Å². The number of nitrogens with zero attached hydrogens (tertiary/aromatic N) is 1. The van der Waals surface area contributed by atoms with Gasteiger partial charge in [-0.2, -0.15) is 0 Å². The van der Waals surface area contributed by atoms with Crippen molar-refractivity contribution in [3.63, 3.8) is 0 Å². The first-order valence-corrected chi connectivity index (χ1v) is 10.5. The van der Waals surface area contributed by atoms with E-state index in [9.17, 15) is 0 Å². The number of rotatable bonds is 4. The summed E-state index contributed by atoms with van der Waals surface area (Å²) in [6.07, 6.45) is 0. The molecule has 2 aromatic rings. The molecule has 2 aromatic carbocycles. The first-order valence-electron chi connectivity index (χ1n) is 7.51. The van der Waals surface area contributed by atoms with Gasteiger partial charge < -0.3 is 0 Å². The van der Waals surface area contributed by atoms with Gasteiger partial charge in [-0.3, -0.25) is 0 Å². The molecular weight excluding hydrogens is 331 g/mol. The predicted octanol–water partition coefficient (Wildman–Crippen LogP) is 3.28. The number of benzene rings is 2. The number of aryl methyl sites for hydroxylation is 6. The van der Waals surface area contributed by atoms with E-state index in [4.69, 9.17) is 3.86 Å². The summed E-state index contributed by atoms with van der Waals surface area (Å²) in [4.78, 5) is 0. The molecule has 0 spiro atoms. The average molecular weight is 355 g/mol. The summed E-state index contributed by atoms with van der Waals surface area (Å²) in [5, 5.41) is 3.82. The maximum atomic E-state index is 5.90. The van der Waals surface area contributed by atoms with Gasteiger partial charge in [0.2, 0.25) is 0 Å². The van der Waals surface area contributed by atoms with E-state index in [0.717, 1.165) is 0 Å². The molecule has 0 saturated heterocycles. The van der Waals surface area contributed by atoms with Crippen molar-refractivity contribution < 1.29 is 3.86 Å². The monoisotopic (exact) mass is 356 g/mol. The second kappa shape index (κ2) is 6.70. The Bertz CT molecular complexity index is 618. The summed E-state index contributed by atoms with van der Waals surface area (Å²) >= 11 is -2.21. The van der Waals surface area contributed by atoms with Gasteiger partial charge in [0, 0.05) is 0 Å². The third kappa shape index (κ3) is 3.27. The zero-order chi connectivity index (χ0) is 16.4. The van der Waals surface area contributed by atoms with Crippen LogP contribution < -0.4 is 8.79 Å². The molecule has 22 heavy (non-hydrogen) atoms. The molecule has 115 valence electrons. The SMILES string of the molecule is C=N[O][Ge]([c]1c(C)cc(C)cc1C)[c]1c(C)cc(C)cc1C. The van der Waals surface area contributed by atoms with Crippen LogP contribution in [0.2, 0.25) is 0 Å². The van der Waals surface area contributed by atoms with Crippen molar-refractivity contribution in [1.82, 2.24) is 0 Å². The Morgan fingerprint density at radius 1 is 0.727 bits per heavy atom. The first-order chi connectivity index (χ1) is 10.3. The van der Waals surface area contributed by atoms with E-state index in [0.29, 0.717) is 0 Å². The number of hydrogen-bond donors (Lipinski definition) is 0. The van der Waals surface area contributed by atoms with E-state index in [2.05, 4.69) is 77.7 Å². The van der Waals surface area contributed by atoms with Gasteiger partial charge in [-0.15, -0.1) is 0 Å². The summed E-state index contributed by atoms with van der Waals surface area (Å²) in [7, 11) is 0. The molecule has 0 fully saturated rings. The molecule has 0 saturated carbocycles. The van der Waals surface area contributed by atoms with Gasteiger partial charge >= 0.3 is 138 Å². The van der Waals surface area contributed by atoms with Crippen molar-refractivity contribution >= 4 is 30.2 Å². The second-order valence-electron chi connectivity index (χ2n) is 6.10. The second-order valence-corrected chi connectivity index (χ2v) is 9.96. The van der Waals surface area contributed by atoms with E-state index in [1.165, 1.54) is 42.2 Å². The van der Waals surface area contributed by atoms with E-state index in [-0.39, 0.29) is 0 Å². The number of oxime groups is 1. The van der Waals surface area contributed by atoms with E-state index < -0.39 is 14.7 Å². The van der Waals surface area contributed by atoms with Gasteiger partial charge in [0.25, 0.3) is 0 Å². The Morgan fingerprint density at radius 3 is 1.32 bits per heavy atom. The van der Waals surface area contributed by atoms with Gasteiger partial charge in [-0.1, -0.05) is 0 Å². The number of hydrogen-bond acceptors (Lipinski definition) is 2. The van der Waals surface area contributed by atoms with Gasteiger partial charge in [0.15, 0.2) is 0 Å². The normalized spacial score (nSPS) is 10.9. The Balaban J connectivity index is 2.69. The molecule has 2 nitrogen and oxygen atoms in total. The topological polar surface area (TPSA) is 21.6 Å². The van der Waals surface area contributed by atoms with Crippen molar-refractivity contribution in [2.75, 3.05) is 0 Å². The standard InChI is InChI=1S/C19H24GeNO/c1-12-8-14(3)18(15(4)9-12)20(22-21-7)19-16(5)10-13(2)11-17(19)6/h8-11H,7H2,1-6H3.